The summed E-state index contributed by atoms with van der Waals surface area (Å²) in [5.74, 6) is 0. The highest BCUT2D eigenvalue weighted by atomic mass is 28.3. The van der Waals surface area contributed by atoms with Gasteiger partial charge in [0.25, 0.3) is 0 Å². The first-order valence-electron chi connectivity index (χ1n) is 4.21. The van der Waals surface area contributed by atoms with Crippen LogP contribution in [0.1, 0.15) is 13.3 Å². The van der Waals surface area contributed by atoms with Gasteiger partial charge in [0.05, 0.1) is 8.07 Å². The van der Waals surface area contributed by atoms with E-state index in [1.54, 1.807) is 0 Å². The van der Waals surface area contributed by atoms with Gasteiger partial charge in [-0.25, -0.2) is 0 Å². The molecule has 0 aromatic carbocycles. The molecule has 2 heteroatoms. The van der Waals surface area contributed by atoms with E-state index in [4.69, 9.17) is 0 Å². The normalized spacial score (nSPS) is 13.5. The second-order valence-corrected chi connectivity index (χ2v) is 9.32. The van der Waals surface area contributed by atoms with Gasteiger partial charge in [-0.1, -0.05) is 32.6 Å². The molecule has 0 amide bonds. The Balaban J connectivity index is 3.53. The summed E-state index contributed by atoms with van der Waals surface area (Å²) in [6, 6.07) is 0. The van der Waals surface area contributed by atoms with Crippen molar-refractivity contribution >= 4 is 14.3 Å². The van der Waals surface area contributed by atoms with Gasteiger partial charge in [-0.3, -0.25) is 4.99 Å². The molecule has 0 aromatic rings. The molecule has 64 valence electrons. The lowest BCUT2D eigenvalue weighted by Gasteiger charge is -2.10. The van der Waals surface area contributed by atoms with Crippen LogP contribution < -0.4 is 0 Å². The summed E-state index contributed by atoms with van der Waals surface area (Å²) in [4.78, 5) is 4.33. The molecule has 0 N–H and O–H groups in total. The lowest BCUT2D eigenvalue weighted by molar-refractivity contribution is 1.23. The smallest absolute Gasteiger partial charge is 0.0692 e. The van der Waals surface area contributed by atoms with Gasteiger partial charge in [0, 0.05) is 12.4 Å². The second-order valence-electron chi connectivity index (χ2n) is 3.89. The van der Waals surface area contributed by atoms with E-state index in [0.717, 1.165) is 12.6 Å². The minimum absolute atomic E-state index is 0.949. The summed E-state index contributed by atoms with van der Waals surface area (Å²) in [6.07, 6.45) is 8.20. The van der Waals surface area contributed by atoms with Gasteiger partial charge in [-0.05, 0) is 12.5 Å². The number of hydrogen-bond donors (Lipinski definition) is 0. The number of nitrogens with zero attached hydrogens (tertiary/aromatic N) is 1. The minimum Gasteiger partial charge on any atom is -0.296 e. The van der Waals surface area contributed by atoms with E-state index in [2.05, 4.69) is 37.6 Å². The third kappa shape index (κ3) is 9.63. The zero-order valence-electron chi connectivity index (χ0n) is 8.09. The topological polar surface area (TPSA) is 12.4 Å². The molecule has 0 heterocycles. The van der Waals surface area contributed by atoms with E-state index in [0.29, 0.717) is 0 Å². The van der Waals surface area contributed by atoms with Crippen molar-refractivity contribution in [1.29, 1.82) is 0 Å². The second kappa shape index (κ2) is 5.30. The van der Waals surface area contributed by atoms with Crippen LogP contribution in [0.4, 0.5) is 0 Å². The highest BCUT2D eigenvalue weighted by molar-refractivity contribution is 6.76. The third-order valence-electron chi connectivity index (χ3n) is 1.13. The van der Waals surface area contributed by atoms with Crippen LogP contribution in [0.15, 0.2) is 17.1 Å². The number of rotatable bonds is 4. The molecule has 1 nitrogen and oxygen atoms in total. The van der Waals surface area contributed by atoms with Gasteiger partial charge < -0.3 is 0 Å². The van der Waals surface area contributed by atoms with E-state index in [1.807, 2.05) is 12.3 Å². The van der Waals surface area contributed by atoms with Crippen LogP contribution in [0.25, 0.3) is 0 Å². The Kier molecular flexibility index (Phi) is 5.12. The maximum Gasteiger partial charge on any atom is 0.0692 e. The summed E-state index contributed by atoms with van der Waals surface area (Å²) in [7, 11) is -0.949. The lowest BCUT2D eigenvalue weighted by atomic mass is 10.4. The van der Waals surface area contributed by atoms with Crippen LogP contribution in [0, 0.1) is 0 Å². The number of allylic oxidation sites excluding steroid dienone is 2. The Bertz CT molecular complexity index is 142. The molecule has 0 spiro atoms. The van der Waals surface area contributed by atoms with Crippen LogP contribution in [0.5, 0.6) is 0 Å². The van der Waals surface area contributed by atoms with Crippen LogP contribution in [0.3, 0.4) is 0 Å². The SMILES string of the molecule is CC/C=C/C=N/C[Si](C)(C)C. The van der Waals surface area contributed by atoms with Gasteiger partial charge in [0.1, 0.15) is 0 Å². The fourth-order valence-corrected chi connectivity index (χ4v) is 1.24. The first-order valence-corrected chi connectivity index (χ1v) is 7.92. The van der Waals surface area contributed by atoms with Gasteiger partial charge in [-0.2, -0.15) is 0 Å². The maximum atomic E-state index is 4.33. The molecule has 0 aliphatic rings. The van der Waals surface area contributed by atoms with Gasteiger partial charge >= 0.3 is 0 Å². The Morgan fingerprint density at radius 1 is 1.27 bits per heavy atom. The molecule has 0 rings (SSSR count). The standard InChI is InChI=1S/C9H19NSi/c1-5-6-7-8-10-9-11(2,3)4/h6-8H,5,9H2,1-4H3/b7-6+,10-8+. The molecule has 0 saturated heterocycles. The Morgan fingerprint density at radius 2 is 1.91 bits per heavy atom. The summed E-state index contributed by atoms with van der Waals surface area (Å²) >= 11 is 0. The van der Waals surface area contributed by atoms with Gasteiger partial charge in [0.15, 0.2) is 0 Å². The monoisotopic (exact) mass is 169 g/mol. The van der Waals surface area contributed by atoms with Crippen molar-refractivity contribution in [3.05, 3.63) is 12.2 Å². The fraction of sp³-hybridized carbons (Fsp3) is 0.667. The predicted octanol–water partition coefficient (Wildman–Crippen LogP) is 2.90. The van der Waals surface area contributed by atoms with Crippen molar-refractivity contribution in [2.24, 2.45) is 4.99 Å². The Hall–Kier alpha value is -0.373. The molecule has 0 bridgehead atoms. The molecule has 0 atom stereocenters. The summed E-state index contributed by atoms with van der Waals surface area (Å²) < 4.78 is 0. The summed E-state index contributed by atoms with van der Waals surface area (Å²) in [5.41, 5.74) is 0. The van der Waals surface area contributed by atoms with Crippen molar-refractivity contribution in [3.8, 4) is 0 Å². The van der Waals surface area contributed by atoms with E-state index in [1.165, 1.54) is 0 Å². The predicted molar refractivity (Wildman–Crippen MR) is 56.1 cm³/mol. The largest absolute Gasteiger partial charge is 0.296 e. The third-order valence-corrected chi connectivity index (χ3v) is 2.26. The highest BCUT2D eigenvalue weighted by Crippen LogP contribution is 1.99. The molecule has 0 saturated carbocycles. The molecule has 11 heavy (non-hydrogen) atoms. The van der Waals surface area contributed by atoms with Gasteiger partial charge in [0.2, 0.25) is 0 Å². The highest BCUT2D eigenvalue weighted by Gasteiger charge is 2.10. The van der Waals surface area contributed by atoms with E-state index in [-0.39, 0.29) is 0 Å². The summed E-state index contributed by atoms with van der Waals surface area (Å²) in [6.45, 7) is 9.11. The van der Waals surface area contributed by atoms with E-state index in [9.17, 15) is 0 Å². The minimum atomic E-state index is -0.949. The van der Waals surface area contributed by atoms with Gasteiger partial charge in [-0.15, -0.1) is 0 Å². The average Bonchev–Trinajstić information content (AvgIpc) is 1.85. The average molecular weight is 169 g/mol. The van der Waals surface area contributed by atoms with Crippen molar-refractivity contribution in [3.63, 3.8) is 0 Å². The molecule has 0 aliphatic carbocycles. The van der Waals surface area contributed by atoms with Crippen LogP contribution >= 0.6 is 0 Å². The van der Waals surface area contributed by atoms with Crippen LogP contribution in [-0.2, 0) is 0 Å². The van der Waals surface area contributed by atoms with Crippen molar-refractivity contribution in [2.75, 3.05) is 6.17 Å². The first-order chi connectivity index (χ1) is 5.06. The molecular formula is C9H19NSi. The van der Waals surface area contributed by atoms with Crippen LogP contribution in [0.2, 0.25) is 19.6 Å². The van der Waals surface area contributed by atoms with Crippen molar-refractivity contribution in [1.82, 2.24) is 0 Å². The molecule has 0 aliphatic heterocycles. The zero-order chi connectivity index (χ0) is 8.74. The quantitative estimate of drug-likeness (QED) is 0.453. The zero-order valence-corrected chi connectivity index (χ0v) is 9.09. The molecule has 0 fully saturated rings. The number of hydrogen-bond acceptors (Lipinski definition) is 1. The first kappa shape index (κ1) is 10.6. The molecule has 0 aromatic heterocycles. The van der Waals surface area contributed by atoms with E-state index < -0.39 is 8.07 Å². The Labute approximate surface area is 71.2 Å². The molecule has 0 unspecified atom stereocenters. The molecule has 0 radical (unpaired) electrons. The Morgan fingerprint density at radius 3 is 2.36 bits per heavy atom. The van der Waals surface area contributed by atoms with Crippen LogP contribution in [-0.4, -0.2) is 20.5 Å². The lowest BCUT2D eigenvalue weighted by Crippen LogP contribution is -2.24. The summed E-state index contributed by atoms with van der Waals surface area (Å²) in [5, 5.41) is 0. The van der Waals surface area contributed by atoms with Crippen molar-refractivity contribution < 1.29 is 0 Å². The van der Waals surface area contributed by atoms with E-state index >= 15 is 0 Å². The van der Waals surface area contributed by atoms with Crippen molar-refractivity contribution in [2.45, 2.75) is 33.0 Å². The number of aliphatic imine (C=N–C) groups is 1. The fourth-order valence-electron chi connectivity index (χ4n) is 0.584. The maximum absolute atomic E-state index is 4.33. The molecular weight excluding hydrogens is 150 g/mol.